The molecule has 19 heavy (non-hydrogen) atoms. The number of hydrogen-bond acceptors (Lipinski definition) is 3. The molecule has 0 N–H and O–H groups in total. The third-order valence-corrected chi connectivity index (χ3v) is 4.44. The van der Waals surface area contributed by atoms with E-state index in [2.05, 4.69) is 9.80 Å². The minimum absolute atomic E-state index is 0.285. The molecule has 2 aliphatic heterocycles. The van der Waals surface area contributed by atoms with Crippen molar-refractivity contribution < 1.29 is 9.53 Å². The number of methoxy groups -OCH3 is 1. The summed E-state index contributed by atoms with van der Waals surface area (Å²) >= 11 is 0. The Balaban J connectivity index is 1.79. The molecule has 0 aromatic rings. The highest BCUT2D eigenvalue weighted by molar-refractivity contribution is 5.76. The average molecular weight is 268 g/mol. The van der Waals surface area contributed by atoms with Crippen molar-refractivity contribution in [2.75, 3.05) is 39.9 Å². The zero-order valence-corrected chi connectivity index (χ0v) is 12.3. The monoisotopic (exact) mass is 268 g/mol. The van der Waals surface area contributed by atoms with E-state index >= 15 is 0 Å². The molecule has 4 heteroatoms. The standard InChI is InChI=1S/C15H28N2O2/c1-19-13-8-15(18)17-11-3-2-6-14(17)7-12-16-9-4-5-10-16/h14H,2-13H2,1H3/t14-/m0/s1. The van der Waals surface area contributed by atoms with Gasteiger partial charge in [-0.3, -0.25) is 4.79 Å². The number of rotatable bonds is 6. The van der Waals surface area contributed by atoms with Crippen molar-refractivity contribution in [3.05, 3.63) is 0 Å². The second kappa shape index (κ2) is 7.85. The number of piperidine rings is 1. The summed E-state index contributed by atoms with van der Waals surface area (Å²) in [6.45, 7) is 5.18. The molecule has 2 aliphatic rings. The molecule has 2 heterocycles. The Morgan fingerprint density at radius 1 is 1.16 bits per heavy atom. The summed E-state index contributed by atoms with van der Waals surface area (Å²) in [5.74, 6) is 0.285. The Kier molecular flexibility index (Phi) is 6.11. The van der Waals surface area contributed by atoms with Crippen molar-refractivity contribution in [3.63, 3.8) is 0 Å². The molecule has 0 bridgehead atoms. The fourth-order valence-corrected chi connectivity index (χ4v) is 3.30. The van der Waals surface area contributed by atoms with Crippen LogP contribution >= 0.6 is 0 Å². The molecule has 4 nitrogen and oxygen atoms in total. The van der Waals surface area contributed by atoms with Crippen LogP contribution in [0.4, 0.5) is 0 Å². The van der Waals surface area contributed by atoms with Crippen molar-refractivity contribution in [1.29, 1.82) is 0 Å². The van der Waals surface area contributed by atoms with Crippen LogP contribution in [0.3, 0.4) is 0 Å². The van der Waals surface area contributed by atoms with E-state index in [0.717, 1.165) is 13.0 Å². The normalized spacial score (nSPS) is 24.9. The molecule has 110 valence electrons. The maximum atomic E-state index is 12.2. The molecule has 1 amide bonds. The van der Waals surface area contributed by atoms with Crippen LogP contribution in [-0.4, -0.2) is 61.6 Å². The first-order valence-corrected chi connectivity index (χ1v) is 7.82. The van der Waals surface area contributed by atoms with Gasteiger partial charge in [-0.25, -0.2) is 0 Å². The van der Waals surface area contributed by atoms with E-state index in [4.69, 9.17) is 4.74 Å². The lowest BCUT2D eigenvalue weighted by atomic mass is 9.98. The van der Waals surface area contributed by atoms with Crippen molar-refractivity contribution in [2.45, 2.75) is 51.0 Å². The molecule has 2 rings (SSSR count). The molecule has 0 aromatic heterocycles. The Morgan fingerprint density at radius 2 is 1.89 bits per heavy atom. The van der Waals surface area contributed by atoms with Gasteiger partial charge in [0.15, 0.2) is 0 Å². The van der Waals surface area contributed by atoms with Gasteiger partial charge in [-0.05, 0) is 51.6 Å². The molecule has 0 aliphatic carbocycles. The van der Waals surface area contributed by atoms with Crippen molar-refractivity contribution in [2.24, 2.45) is 0 Å². The van der Waals surface area contributed by atoms with Crippen LogP contribution in [0, 0.1) is 0 Å². The lowest BCUT2D eigenvalue weighted by molar-refractivity contribution is -0.136. The molecule has 0 spiro atoms. The van der Waals surface area contributed by atoms with E-state index in [1.54, 1.807) is 7.11 Å². The highest BCUT2D eigenvalue weighted by Gasteiger charge is 2.26. The summed E-state index contributed by atoms with van der Waals surface area (Å²) < 4.78 is 5.02. The highest BCUT2D eigenvalue weighted by Crippen LogP contribution is 2.21. The minimum Gasteiger partial charge on any atom is -0.384 e. The molecule has 0 saturated carbocycles. The van der Waals surface area contributed by atoms with Crippen LogP contribution in [0.15, 0.2) is 0 Å². The van der Waals surface area contributed by atoms with Gasteiger partial charge in [-0.15, -0.1) is 0 Å². The summed E-state index contributed by atoms with van der Waals surface area (Å²) in [5, 5.41) is 0. The first kappa shape index (κ1) is 14.8. The van der Waals surface area contributed by atoms with Gasteiger partial charge in [0.1, 0.15) is 0 Å². The topological polar surface area (TPSA) is 32.8 Å². The second-order valence-corrected chi connectivity index (χ2v) is 5.82. The van der Waals surface area contributed by atoms with Crippen molar-refractivity contribution in [3.8, 4) is 0 Å². The van der Waals surface area contributed by atoms with Crippen LogP contribution in [0.2, 0.25) is 0 Å². The zero-order valence-electron chi connectivity index (χ0n) is 12.3. The Hall–Kier alpha value is -0.610. The van der Waals surface area contributed by atoms with E-state index < -0.39 is 0 Å². The maximum Gasteiger partial charge on any atom is 0.225 e. The molecular formula is C15H28N2O2. The summed E-state index contributed by atoms with van der Waals surface area (Å²) in [4.78, 5) is 16.9. The van der Waals surface area contributed by atoms with Crippen LogP contribution < -0.4 is 0 Å². The van der Waals surface area contributed by atoms with E-state index in [1.807, 2.05) is 0 Å². The summed E-state index contributed by atoms with van der Waals surface area (Å²) in [6, 6.07) is 0.471. The molecule has 0 radical (unpaired) electrons. The molecule has 2 saturated heterocycles. The Labute approximate surface area is 117 Å². The third kappa shape index (κ3) is 4.46. The zero-order chi connectivity index (χ0) is 13.5. The number of ether oxygens (including phenoxy) is 1. The van der Waals surface area contributed by atoms with Crippen molar-refractivity contribution >= 4 is 5.91 Å². The van der Waals surface area contributed by atoms with Gasteiger partial charge < -0.3 is 14.5 Å². The van der Waals surface area contributed by atoms with Gasteiger partial charge in [0.05, 0.1) is 13.0 Å². The van der Waals surface area contributed by atoms with Crippen molar-refractivity contribution in [1.82, 2.24) is 9.80 Å². The Bertz CT molecular complexity index is 277. The SMILES string of the molecule is COCCC(=O)N1CCCC[C@H]1CCN1CCCC1. The lowest BCUT2D eigenvalue weighted by Gasteiger charge is -2.36. The molecular weight excluding hydrogens is 240 g/mol. The smallest absolute Gasteiger partial charge is 0.225 e. The number of carbonyl (C=O) groups is 1. The fourth-order valence-electron chi connectivity index (χ4n) is 3.30. The highest BCUT2D eigenvalue weighted by atomic mass is 16.5. The van der Waals surface area contributed by atoms with Crippen LogP contribution in [0.5, 0.6) is 0 Å². The predicted octanol–water partition coefficient (Wildman–Crippen LogP) is 1.89. The molecule has 1 atom stereocenters. The largest absolute Gasteiger partial charge is 0.384 e. The fraction of sp³-hybridized carbons (Fsp3) is 0.933. The van der Waals surface area contributed by atoms with E-state index in [9.17, 15) is 4.79 Å². The molecule has 0 unspecified atom stereocenters. The first-order valence-electron chi connectivity index (χ1n) is 7.82. The molecule has 0 aromatic carbocycles. The first-order chi connectivity index (χ1) is 9.31. The number of amides is 1. The number of hydrogen-bond donors (Lipinski definition) is 0. The number of nitrogens with zero attached hydrogens (tertiary/aromatic N) is 2. The average Bonchev–Trinajstić information content (AvgIpc) is 2.96. The van der Waals surface area contributed by atoms with Crippen LogP contribution in [0.25, 0.3) is 0 Å². The lowest BCUT2D eigenvalue weighted by Crippen LogP contribution is -2.45. The maximum absolute atomic E-state index is 12.2. The summed E-state index contributed by atoms with van der Waals surface area (Å²) in [6.07, 6.45) is 8.02. The summed E-state index contributed by atoms with van der Waals surface area (Å²) in [5.41, 5.74) is 0. The van der Waals surface area contributed by atoms with E-state index in [0.29, 0.717) is 19.1 Å². The quantitative estimate of drug-likeness (QED) is 0.737. The van der Waals surface area contributed by atoms with Gasteiger partial charge in [0, 0.05) is 26.2 Å². The van der Waals surface area contributed by atoms with E-state index in [-0.39, 0.29) is 5.91 Å². The predicted molar refractivity (Wildman–Crippen MR) is 76.1 cm³/mol. The second-order valence-electron chi connectivity index (χ2n) is 5.82. The Morgan fingerprint density at radius 3 is 2.63 bits per heavy atom. The number of carbonyl (C=O) groups excluding carboxylic acids is 1. The molecule has 2 fully saturated rings. The van der Waals surface area contributed by atoms with Gasteiger partial charge in [-0.2, -0.15) is 0 Å². The van der Waals surface area contributed by atoms with Gasteiger partial charge >= 0.3 is 0 Å². The minimum atomic E-state index is 0.285. The van der Waals surface area contributed by atoms with Gasteiger partial charge in [0.25, 0.3) is 0 Å². The third-order valence-electron chi connectivity index (χ3n) is 4.44. The summed E-state index contributed by atoms with van der Waals surface area (Å²) in [7, 11) is 1.66. The van der Waals surface area contributed by atoms with Crippen LogP contribution in [-0.2, 0) is 9.53 Å². The number of likely N-dealkylation sites (tertiary alicyclic amines) is 2. The van der Waals surface area contributed by atoms with Gasteiger partial charge in [-0.1, -0.05) is 0 Å². The van der Waals surface area contributed by atoms with Gasteiger partial charge in [0.2, 0.25) is 5.91 Å². The van der Waals surface area contributed by atoms with E-state index in [1.165, 1.54) is 51.7 Å². The van der Waals surface area contributed by atoms with Crippen LogP contribution in [0.1, 0.15) is 44.9 Å².